The van der Waals surface area contributed by atoms with Gasteiger partial charge in [0.2, 0.25) is 0 Å². The van der Waals surface area contributed by atoms with Gasteiger partial charge in [0, 0.05) is 42.3 Å². The Morgan fingerprint density at radius 3 is 2.73 bits per heavy atom. The summed E-state index contributed by atoms with van der Waals surface area (Å²) in [5.74, 6) is -1.74. The Morgan fingerprint density at radius 2 is 2.03 bits per heavy atom. The van der Waals surface area contributed by atoms with E-state index in [9.17, 15) is 18.4 Å². The maximum Gasteiger partial charge on any atom is 0.277 e. The van der Waals surface area contributed by atoms with Gasteiger partial charge in [0.15, 0.2) is 11.6 Å². The fourth-order valence-corrected chi connectivity index (χ4v) is 3.55. The van der Waals surface area contributed by atoms with Crippen LogP contribution in [0.15, 0.2) is 52.2 Å². The van der Waals surface area contributed by atoms with Crippen LogP contribution in [-0.4, -0.2) is 32.7 Å². The van der Waals surface area contributed by atoms with Crippen molar-refractivity contribution in [2.75, 3.05) is 0 Å². The third kappa shape index (κ3) is 6.18. The summed E-state index contributed by atoms with van der Waals surface area (Å²) >= 11 is 6.29. The highest BCUT2D eigenvalue weighted by Gasteiger charge is 2.23. The van der Waals surface area contributed by atoms with Gasteiger partial charge in [-0.3, -0.25) is 19.1 Å². The third-order valence-corrected chi connectivity index (χ3v) is 5.83. The highest BCUT2D eigenvalue weighted by molar-refractivity contribution is 6.31. The number of aliphatic imine (C=N–C) groups is 1. The molecule has 192 valence electrons. The van der Waals surface area contributed by atoms with E-state index in [4.69, 9.17) is 22.1 Å². The van der Waals surface area contributed by atoms with Crippen molar-refractivity contribution in [3.8, 4) is 11.4 Å². The van der Waals surface area contributed by atoms with Crippen LogP contribution in [0.3, 0.4) is 0 Å². The normalized spacial score (nSPS) is 13.7. The van der Waals surface area contributed by atoms with Crippen molar-refractivity contribution >= 4 is 29.5 Å². The highest BCUT2D eigenvalue weighted by atomic mass is 35.5. The van der Waals surface area contributed by atoms with Crippen molar-refractivity contribution in [1.82, 2.24) is 19.9 Å². The van der Waals surface area contributed by atoms with E-state index in [2.05, 4.69) is 20.3 Å². The molecular weight excluding hydrogens is 506 g/mol. The first kappa shape index (κ1) is 26.0. The summed E-state index contributed by atoms with van der Waals surface area (Å²) in [5, 5.41) is 2.55. The number of aromatic nitrogens is 3. The molecule has 0 saturated heterocycles. The van der Waals surface area contributed by atoms with Gasteiger partial charge >= 0.3 is 0 Å². The summed E-state index contributed by atoms with van der Waals surface area (Å²) in [5.41, 5.74) is 6.71. The quantitative estimate of drug-likeness (QED) is 0.340. The first-order valence-corrected chi connectivity index (χ1v) is 11.6. The molecular formula is C25H23ClF2N6O3. The van der Waals surface area contributed by atoms with Crippen LogP contribution in [0.1, 0.15) is 29.8 Å². The molecule has 4 rings (SSSR count). The lowest BCUT2D eigenvalue weighted by molar-refractivity contribution is -0.117. The van der Waals surface area contributed by atoms with E-state index in [0.717, 1.165) is 19.0 Å². The molecule has 0 radical (unpaired) electrons. The molecule has 3 aromatic rings. The second-order valence-electron chi connectivity index (χ2n) is 8.45. The Bertz CT molecular complexity index is 1480. The number of halogens is 3. The number of nitrogens with one attached hydrogen (secondary N) is 1. The summed E-state index contributed by atoms with van der Waals surface area (Å²) in [4.78, 5) is 37.2. The Labute approximate surface area is 215 Å². The minimum absolute atomic E-state index is 0.0214. The predicted octanol–water partition coefficient (Wildman–Crippen LogP) is 3.58. The lowest BCUT2D eigenvalue weighted by atomic mass is 10.2. The van der Waals surface area contributed by atoms with Crippen LogP contribution in [-0.2, 0) is 11.4 Å². The zero-order valence-corrected chi connectivity index (χ0v) is 20.7. The third-order valence-electron chi connectivity index (χ3n) is 5.49. The number of ether oxygens (including phenoxy) is 1. The summed E-state index contributed by atoms with van der Waals surface area (Å²) in [6.07, 6.45) is 7.03. The molecule has 0 unspecified atom stereocenters. The van der Waals surface area contributed by atoms with Crippen LogP contribution >= 0.6 is 11.6 Å². The number of rotatable bonds is 8. The fourth-order valence-electron chi connectivity index (χ4n) is 3.36. The van der Waals surface area contributed by atoms with E-state index in [1.54, 1.807) is 26.1 Å². The Hall–Kier alpha value is -4.12. The molecule has 0 aliphatic heterocycles. The van der Waals surface area contributed by atoms with E-state index >= 15 is 0 Å². The van der Waals surface area contributed by atoms with Gasteiger partial charge in [-0.2, -0.15) is 0 Å². The molecule has 0 bridgehead atoms. The van der Waals surface area contributed by atoms with Gasteiger partial charge in [-0.15, -0.1) is 0 Å². The first-order chi connectivity index (χ1) is 17.6. The lowest BCUT2D eigenvalue weighted by Crippen LogP contribution is -2.30. The van der Waals surface area contributed by atoms with Gasteiger partial charge in [0.1, 0.15) is 28.9 Å². The molecule has 0 spiro atoms. The topological polar surface area (TPSA) is 124 Å². The number of nitrogens with two attached hydrogens (primary N) is 1. The van der Waals surface area contributed by atoms with Gasteiger partial charge < -0.3 is 15.8 Å². The Balaban J connectivity index is 1.57. The van der Waals surface area contributed by atoms with Crippen LogP contribution in [0.4, 0.5) is 14.6 Å². The van der Waals surface area contributed by atoms with Gasteiger partial charge in [0.25, 0.3) is 11.5 Å². The van der Waals surface area contributed by atoms with Gasteiger partial charge in [0.05, 0.1) is 17.6 Å². The monoisotopic (exact) mass is 528 g/mol. The number of aryl methyl sites for hydroxylation is 2. The van der Waals surface area contributed by atoms with Gasteiger partial charge in [-0.05, 0) is 38.3 Å². The lowest BCUT2D eigenvalue weighted by Gasteiger charge is -2.16. The second kappa shape index (κ2) is 10.9. The number of carbonyl (C=O) groups is 1. The molecule has 1 fully saturated rings. The zero-order valence-electron chi connectivity index (χ0n) is 20.0. The smallest absolute Gasteiger partial charge is 0.277 e. The summed E-state index contributed by atoms with van der Waals surface area (Å²) < 4.78 is 33.8. The average molecular weight is 529 g/mol. The Morgan fingerprint density at radius 1 is 1.27 bits per heavy atom. The molecule has 0 atom stereocenters. The standard InChI is InChI=1S/C25H23ClF2N6O3/c1-13-10-32-22(30-6-5-18(29)24(35)33-16-3-4-16)9-20(13)34-14(2)7-21(23(26)25(34)36)37-12-19-17(28)8-15(27)11-31-19/h5-11,16H,3-4,12,29H2,1-2H3,(H,33,35)/b18-5-,30-6?. The zero-order chi connectivity index (χ0) is 26.7. The molecule has 1 amide bonds. The summed E-state index contributed by atoms with van der Waals surface area (Å²) in [6, 6.07) is 3.98. The number of hydrogen-bond donors (Lipinski definition) is 2. The molecule has 0 aromatic carbocycles. The summed E-state index contributed by atoms with van der Waals surface area (Å²) in [6.45, 7) is 3.09. The number of hydrogen-bond acceptors (Lipinski definition) is 7. The van der Waals surface area contributed by atoms with E-state index in [1.165, 1.54) is 22.9 Å². The van der Waals surface area contributed by atoms with Crippen LogP contribution in [0.2, 0.25) is 5.02 Å². The molecule has 1 aliphatic rings. The maximum atomic E-state index is 13.9. The SMILES string of the molecule is Cc1cnc(N=C/C=C(\N)C(=O)NC2CC2)cc1-n1c(C)cc(OCc2ncc(F)cc2F)c(Cl)c1=O. The number of carbonyl (C=O) groups excluding carboxylic acids is 1. The van der Waals surface area contributed by atoms with Crippen molar-refractivity contribution in [2.24, 2.45) is 10.7 Å². The molecule has 1 aliphatic carbocycles. The molecule has 9 nitrogen and oxygen atoms in total. The maximum absolute atomic E-state index is 13.9. The van der Waals surface area contributed by atoms with E-state index in [-0.39, 0.29) is 46.5 Å². The van der Waals surface area contributed by atoms with Crippen LogP contribution < -0.4 is 21.3 Å². The fraction of sp³-hybridized carbons (Fsp3) is 0.240. The number of amides is 1. The molecule has 1 saturated carbocycles. The van der Waals surface area contributed by atoms with Gasteiger partial charge in [-0.25, -0.2) is 18.8 Å². The molecule has 3 aromatic heterocycles. The van der Waals surface area contributed by atoms with Crippen molar-refractivity contribution in [2.45, 2.75) is 39.3 Å². The predicted molar refractivity (Wildman–Crippen MR) is 134 cm³/mol. The second-order valence-corrected chi connectivity index (χ2v) is 8.83. The van der Waals surface area contributed by atoms with Crippen molar-refractivity contribution < 1.29 is 18.3 Å². The highest BCUT2D eigenvalue weighted by Crippen LogP contribution is 2.26. The average Bonchev–Trinajstić information content (AvgIpc) is 3.67. The van der Waals surface area contributed by atoms with Crippen LogP contribution in [0, 0.1) is 25.5 Å². The molecule has 37 heavy (non-hydrogen) atoms. The molecule has 3 heterocycles. The van der Waals surface area contributed by atoms with Crippen molar-refractivity contribution in [1.29, 1.82) is 0 Å². The van der Waals surface area contributed by atoms with E-state index in [1.807, 2.05) is 0 Å². The number of allylic oxidation sites excluding steroid dienone is 1. The number of nitrogens with zero attached hydrogens (tertiary/aromatic N) is 4. The van der Waals surface area contributed by atoms with Gasteiger partial charge in [-0.1, -0.05) is 11.6 Å². The van der Waals surface area contributed by atoms with E-state index in [0.29, 0.717) is 23.0 Å². The van der Waals surface area contributed by atoms with E-state index < -0.39 is 17.2 Å². The van der Waals surface area contributed by atoms with Crippen molar-refractivity contribution in [3.63, 3.8) is 0 Å². The largest absolute Gasteiger partial charge is 0.485 e. The summed E-state index contributed by atoms with van der Waals surface area (Å²) in [7, 11) is 0. The minimum Gasteiger partial charge on any atom is -0.485 e. The number of pyridine rings is 3. The van der Waals surface area contributed by atoms with Crippen LogP contribution in [0.5, 0.6) is 5.75 Å². The first-order valence-electron chi connectivity index (χ1n) is 11.3. The minimum atomic E-state index is -0.873. The van der Waals surface area contributed by atoms with Crippen molar-refractivity contribution in [3.05, 3.63) is 86.3 Å². The molecule has 3 N–H and O–H groups in total. The Kier molecular flexibility index (Phi) is 7.63. The van der Waals surface area contributed by atoms with Crippen LogP contribution in [0.25, 0.3) is 5.69 Å². The molecule has 12 heteroatoms.